The predicted octanol–water partition coefficient (Wildman–Crippen LogP) is 29.3. The van der Waals surface area contributed by atoms with E-state index in [1.165, 1.54) is 125 Å². The first-order valence-electron chi connectivity index (χ1n) is 34.2. The molecule has 102 heavy (non-hydrogen) atoms. The Hall–Kier alpha value is -12.1. The molecular weight excluding hydrogens is 1310 g/mol. The van der Waals surface area contributed by atoms with Crippen molar-refractivity contribution < 1.29 is 0 Å². The number of hydrogen-bond donors (Lipinski definition) is 4. The molecule has 0 saturated heterocycles. The lowest BCUT2D eigenvalue weighted by atomic mass is 10.1. The monoisotopic (exact) mass is 1380 g/mol. The van der Waals surface area contributed by atoms with E-state index >= 15 is 0 Å². The molecule has 0 spiro atoms. The quantitative estimate of drug-likeness (QED) is 0.104. The number of nitrogens with one attached hydrogen (secondary N) is 4. The second kappa shape index (κ2) is 29.0. The number of hydrogen-bond acceptors (Lipinski definition) is 8. The average molecular weight is 1380 g/mol. The largest absolute Gasteiger partial charge is 0.356 e. The smallest absolute Gasteiger partial charge is 0.0398 e. The molecule has 0 saturated carbocycles. The van der Waals surface area contributed by atoms with Gasteiger partial charge in [0.2, 0.25) is 0 Å². The molecule has 0 bridgehead atoms. The lowest BCUT2D eigenvalue weighted by Gasteiger charge is -2.09. The molecule has 4 aromatic heterocycles. The van der Waals surface area contributed by atoms with E-state index in [0.29, 0.717) is 0 Å². The van der Waals surface area contributed by atoms with Gasteiger partial charge in [-0.15, -0.1) is 45.3 Å². The van der Waals surface area contributed by atoms with E-state index in [1.54, 1.807) is 0 Å². The number of fused-ring (bicyclic) bond motifs is 13. The fourth-order valence-electron chi connectivity index (χ4n) is 13.3. The first-order chi connectivity index (χ1) is 50.5. The minimum atomic E-state index is 1.10. The van der Waals surface area contributed by atoms with Crippen molar-refractivity contribution in [2.24, 2.45) is 0 Å². The summed E-state index contributed by atoms with van der Waals surface area (Å²) in [6.45, 7) is 0. The molecule has 4 N–H and O–H groups in total. The lowest BCUT2D eigenvalue weighted by Crippen LogP contribution is -1.90. The summed E-state index contributed by atoms with van der Waals surface area (Å²) in [5.41, 5.74) is 16.3. The van der Waals surface area contributed by atoms with Gasteiger partial charge in [0.15, 0.2) is 0 Å². The Kier molecular flexibility index (Phi) is 18.0. The number of rotatable bonds is 11. The van der Waals surface area contributed by atoms with Gasteiger partial charge >= 0.3 is 0 Å². The van der Waals surface area contributed by atoms with Crippen molar-refractivity contribution >= 4 is 182 Å². The molecular formula is C94H66N4S4. The van der Waals surface area contributed by atoms with Crippen LogP contribution in [0.5, 0.6) is 0 Å². The molecule has 16 aromatic carbocycles. The highest BCUT2D eigenvalue weighted by atomic mass is 32.1. The summed E-state index contributed by atoms with van der Waals surface area (Å²) in [6, 6.07) is 133. The maximum absolute atomic E-state index is 3.57. The maximum atomic E-state index is 3.57. The van der Waals surface area contributed by atoms with Gasteiger partial charge in [-0.2, -0.15) is 0 Å². The molecule has 0 aliphatic rings. The zero-order valence-electron chi connectivity index (χ0n) is 55.4. The van der Waals surface area contributed by atoms with Crippen LogP contribution < -0.4 is 21.3 Å². The Bertz CT molecular complexity index is 6310. The van der Waals surface area contributed by atoms with Crippen molar-refractivity contribution in [3.05, 3.63) is 376 Å². The number of anilines is 8. The molecule has 4 nitrogen and oxygen atoms in total. The Morgan fingerprint density at radius 2 is 0.422 bits per heavy atom. The van der Waals surface area contributed by atoms with Gasteiger partial charge in [-0.1, -0.05) is 237 Å². The Balaban J connectivity index is 0.000000101. The van der Waals surface area contributed by atoms with Gasteiger partial charge in [0.25, 0.3) is 0 Å². The highest BCUT2D eigenvalue weighted by Gasteiger charge is 2.12. The molecule has 20 rings (SSSR count). The van der Waals surface area contributed by atoms with Crippen LogP contribution in [0.4, 0.5) is 45.5 Å². The minimum Gasteiger partial charge on any atom is -0.356 e. The Morgan fingerprint density at radius 1 is 0.137 bits per heavy atom. The maximum Gasteiger partial charge on any atom is 0.0398 e. The summed E-state index contributed by atoms with van der Waals surface area (Å²) in [5.74, 6) is 0. The first kappa shape index (κ1) is 63.3. The molecule has 0 amide bonds. The van der Waals surface area contributed by atoms with Crippen LogP contribution in [-0.2, 0) is 0 Å². The van der Waals surface area contributed by atoms with Gasteiger partial charge in [-0.25, -0.2) is 0 Å². The Labute approximate surface area is 608 Å². The average Bonchev–Trinajstić information content (AvgIpc) is 1.65. The van der Waals surface area contributed by atoms with Crippen molar-refractivity contribution in [3.63, 3.8) is 0 Å². The van der Waals surface area contributed by atoms with Gasteiger partial charge in [0.05, 0.1) is 0 Å². The predicted molar refractivity (Wildman–Crippen MR) is 450 cm³/mol. The fourth-order valence-corrected chi connectivity index (χ4v) is 17.7. The molecule has 0 aliphatic carbocycles. The van der Waals surface area contributed by atoms with E-state index in [0.717, 1.165) is 45.5 Å². The van der Waals surface area contributed by atoms with Crippen LogP contribution in [0.1, 0.15) is 0 Å². The van der Waals surface area contributed by atoms with Crippen LogP contribution in [0.15, 0.2) is 376 Å². The molecule has 4 heterocycles. The molecule has 0 aliphatic heterocycles. The zero-order chi connectivity index (χ0) is 68.0. The summed E-state index contributed by atoms with van der Waals surface area (Å²) in [5, 5.41) is 27.3. The summed E-state index contributed by atoms with van der Waals surface area (Å²) < 4.78 is 10.7. The third kappa shape index (κ3) is 14.0. The van der Waals surface area contributed by atoms with Crippen LogP contribution >= 0.6 is 45.3 Å². The van der Waals surface area contributed by atoms with Crippen molar-refractivity contribution in [2.45, 2.75) is 0 Å². The van der Waals surface area contributed by atoms with Gasteiger partial charge in [0, 0.05) is 126 Å². The van der Waals surface area contributed by atoms with E-state index in [1.807, 2.05) is 63.5 Å². The highest BCUT2D eigenvalue weighted by Crippen LogP contribution is 2.41. The molecule has 0 fully saturated rings. The van der Waals surface area contributed by atoms with Crippen LogP contribution in [-0.4, -0.2) is 0 Å². The zero-order valence-corrected chi connectivity index (χ0v) is 58.7. The van der Waals surface area contributed by atoms with Crippen molar-refractivity contribution in [1.82, 2.24) is 0 Å². The van der Waals surface area contributed by atoms with Gasteiger partial charge < -0.3 is 21.3 Å². The van der Waals surface area contributed by atoms with Crippen LogP contribution in [0, 0.1) is 0 Å². The molecule has 20 aromatic rings. The summed E-state index contributed by atoms with van der Waals surface area (Å²) in [6.07, 6.45) is 0. The normalized spacial score (nSPS) is 11.1. The number of benzene rings is 16. The Morgan fingerprint density at radius 3 is 0.882 bits per heavy atom. The van der Waals surface area contributed by atoms with Gasteiger partial charge in [-0.05, 0) is 184 Å². The standard InChI is InChI=1S/3C24H17NS.C22H15NS/c1-2-7-17(8-3-1)18-9-6-10-19(15-18)25-20-13-14-24-22(16-20)21-11-4-5-12-23(21)26-24;1-2-6-17(7-3-1)18-10-12-19(13-11-18)25-20-14-15-24-22(16-20)21-8-4-5-9-23(21)26-24;1-2-6-17(7-3-1)18-10-12-19(13-11-18)25-20-14-15-22-21-8-4-5-9-23(21)26-24(22)16-20;1-2-6-16-13-17(10-9-15(16)5-1)23-18-11-12-22-20(14-18)19-7-3-4-8-21(19)24-22/h3*1-16,25H;1-14,23H. The molecule has 8 heteroatoms. The minimum absolute atomic E-state index is 1.10. The van der Waals surface area contributed by atoms with Crippen molar-refractivity contribution in [3.8, 4) is 33.4 Å². The van der Waals surface area contributed by atoms with Crippen LogP contribution in [0.2, 0.25) is 0 Å². The summed E-state index contributed by atoms with van der Waals surface area (Å²) in [7, 11) is 0. The second-order valence-electron chi connectivity index (χ2n) is 25.1. The molecule has 0 atom stereocenters. The summed E-state index contributed by atoms with van der Waals surface area (Å²) >= 11 is 7.39. The molecule has 0 radical (unpaired) electrons. The summed E-state index contributed by atoms with van der Waals surface area (Å²) in [4.78, 5) is 0. The lowest BCUT2D eigenvalue weighted by molar-refractivity contribution is 1.55. The third-order valence-corrected chi connectivity index (χ3v) is 23.0. The first-order valence-corrected chi connectivity index (χ1v) is 37.4. The van der Waals surface area contributed by atoms with E-state index < -0.39 is 0 Å². The topological polar surface area (TPSA) is 48.1 Å². The van der Waals surface area contributed by atoms with Crippen LogP contribution in [0.25, 0.3) is 125 Å². The van der Waals surface area contributed by atoms with E-state index in [9.17, 15) is 0 Å². The van der Waals surface area contributed by atoms with E-state index in [4.69, 9.17) is 0 Å². The van der Waals surface area contributed by atoms with Crippen LogP contribution in [0.3, 0.4) is 0 Å². The number of thiophene rings is 4. The van der Waals surface area contributed by atoms with Gasteiger partial charge in [0.1, 0.15) is 0 Å². The van der Waals surface area contributed by atoms with Gasteiger partial charge in [-0.3, -0.25) is 0 Å². The van der Waals surface area contributed by atoms with E-state index in [-0.39, 0.29) is 0 Å². The molecule has 0 unspecified atom stereocenters. The second-order valence-corrected chi connectivity index (χ2v) is 29.5. The fraction of sp³-hybridized carbons (Fsp3) is 0. The van der Waals surface area contributed by atoms with Crippen molar-refractivity contribution in [2.75, 3.05) is 21.3 Å². The SMILES string of the molecule is c1ccc(-c2ccc(Nc3ccc4c(c3)sc3ccccc34)cc2)cc1.c1ccc(-c2ccc(Nc3ccc4sc5ccccc5c4c3)cc2)cc1.c1ccc(-c2cccc(Nc3ccc4sc5ccccc5c4c3)c2)cc1.c1ccc2cc(Nc3ccc4sc5ccccc5c4c3)ccc2c1. The highest BCUT2D eigenvalue weighted by molar-refractivity contribution is 7.27. The third-order valence-electron chi connectivity index (χ3n) is 18.4. The molecule has 486 valence electrons. The van der Waals surface area contributed by atoms with Crippen molar-refractivity contribution in [1.29, 1.82) is 0 Å². The van der Waals surface area contributed by atoms with E-state index in [2.05, 4.69) is 379 Å².